The third-order valence-corrected chi connectivity index (χ3v) is 3.59. The first-order chi connectivity index (χ1) is 12.0. The van der Waals surface area contributed by atoms with Crippen LogP contribution in [0.25, 0.3) is 0 Å². The Morgan fingerprint density at radius 3 is 2.04 bits per heavy atom. The van der Waals surface area contributed by atoms with Crippen molar-refractivity contribution in [1.29, 1.82) is 0 Å². The van der Waals surface area contributed by atoms with Gasteiger partial charge in [0.05, 0.1) is 13.5 Å². The van der Waals surface area contributed by atoms with Crippen molar-refractivity contribution >= 4 is 23.2 Å². The van der Waals surface area contributed by atoms with Crippen molar-refractivity contribution in [3.05, 3.63) is 54.1 Å². The molecule has 2 aromatic carbocycles. The van der Waals surface area contributed by atoms with Crippen LogP contribution in [0.1, 0.15) is 25.8 Å². The third kappa shape index (κ3) is 5.95. The molecule has 5 heteroatoms. The number of para-hydroxylation sites is 1. The number of rotatable bonds is 7. The monoisotopic (exact) mass is 340 g/mol. The second-order valence-corrected chi connectivity index (χ2v) is 6.26. The Bertz CT molecular complexity index is 724. The molecule has 2 rings (SSSR count). The number of hydrogen-bond acceptors (Lipinski definition) is 3. The molecule has 0 aliphatic rings. The fraction of sp³-hybridized carbons (Fsp3) is 0.300. The van der Waals surface area contributed by atoms with E-state index in [0.717, 1.165) is 5.56 Å². The van der Waals surface area contributed by atoms with E-state index in [1.54, 1.807) is 31.4 Å². The quantitative estimate of drug-likeness (QED) is 0.804. The Hall–Kier alpha value is -2.82. The largest absolute Gasteiger partial charge is 0.496 e. The lowest BCUT2D eigenvalue weighted by atomic mass is 10.1. The first kappa shape index (κ1) is 18.5. The average molecular weight is 340 g/mol. The van der Waals surface area contributed by atoms with Gasteiger partial charge in [-0.2, -0.15) is 0 Å². The smallest absolute Gasteiger partial charge is 0.228 e. The molecule has 0 unspecified atom stereocenters. The van der Waals surface area contributed by atoms with Gasteiger partial charge in [0.15, 0.2) is 0 Å². The van der Waals surface area contributed by atoms with E-state index in [0.29, 0.717) is 29.5 Å². The number of methoxy groups -OCH3 is 1. The zero-order chi connectivity index (χ0) is 18.2. The molecular formula is C20H24N2O3. The van der Waals surface area contributed by atoms with E-state index in [9.17, 15) is 9.59 Å². The summed E-state index contributed by atoms with van der Waals surface area (Å²) in [7, 11) is 1.59. The Kier molecular flexibility index (Phi) is 6.57. The van der Waals surface area contributed by atoms with Crippen LogP contribution in [-0.4, -0.2) is 18.9 Å². The van der Waals surface area contributed by atoms with Crippen molar-refractivity contribution in [3.63, 3.8) is 0 Å². The maximum Gasteiger partial charge on any atom is 0.228 e. The molecular weight excluding hydrogens is 316 g/mol. The van der Waals surface area contributed by atoms with Gasteiger partial charge >= 0.3 is 0 Å². The molecule has 0 aliphatic carbocycles. The second-order valence-electron chi connectivity index (χ2n) is 6.26. The Morgan fingerprint density at radius 2 is 1.48 bits per heavy atom. The molecule has 2 amide bonds. The predicted octanol–water partition coefficient (Wildman–Crippen LogP) is 3.86. The van der Waals surface area contributed by atoms with Crippen molar-refractivity contribution < 1.29 is 14.3 Å². The minimum atomic E-state index is -0.124. The third-order valence-electron chi connectivity index (χ3n) is 3.59. The zero-order valence-electron chi connectivity index (χ0n) is 14.8. The van der Waals surface area contributed by atoms with Crippen LogP contribution in [0, 0.1) is 5.92 Å². The molecule has 25 heavy (non-hydrogen) atoms. The molecule has 0 bridgehead atoms. The van der Waals surface area contributed by atoms with E-state index in [1.165, 1.54) is 0 Å². The van der Waals surface area contributed by atoms with Crippen molar-refractivity contribution in [2.24, 2.45) is 5.92 Å². The van der Waals surface area contributed by atoms with Gasteiger partial charge in [-0.1, -0.05) is 32.0 Å². The highest BCUT2D eigenvalue weighted by Gasteiger charge is 2.09. The average Bonchev–Trinajstić information content (AvgIpc) is 2.56. The number of anilines is 2. The highest BCUT2D eigenvalue weighted by atomic mass is 16.5. The fourth-order valence-electron chi connectivity index (χ4n) is 2.45. The van der Waals surface area contributed by atoms with Gasteiger partial charge in [-0.05, 0) is 36.2 Å². The van der Waals surface area contributed by atoms with E-state index in [1.807, 2.05) is 38.1 Å². The van der Waals surface area contributed by atoms with Gasteiger partial charge in [-0.25, -0.2) is 0 Å². The highest BCUT2D eigenvalue weighted by Crippen LogP contribution is 2.19. The lowest BCUT2D eigenvalue weighted by Crippen LogP contribution is -2.15. The standard InChI is InChI=1S/C20H24N2O3/c1-14(2)12-19(23)21-16-8-10-17(11-9-16)22-20(24)13-15-6-4-5-7-18(15)25-3/h4-11,14H,12-13H2,1-3H3,(H,21,23)(H,22,24). The lowest BCUT2D eigenvalue weighted by Gasteiger charge is -2.10. The molecule has 2 N–H and O–H groups in total. The van der Waals surface area contributed by atoms with Crippen molar-refractivity contribution in [3.8, 4) is 5.75 Å². The van der Waals surface area contributed by atoms with E-state index in [4.69, 9.17) is 4.74 Å². The lowest BCUT2D eigenvalue weighted by molar-refractivity contribution is -0.117. The summed E-state index contributed by atoms with van der Waals surface area (Å²) < 4.78 is 5.26. The number of amides is 2. The molecule has 132 valence electrons. The van der Waals surface area contributed by atoms with E-state index in [2.05, 4.69) is 10.6 Å². The summed E-state index contributed by atoms with van der Waals surface area (Å²) in [5.74, 6) is 0.874. The van der Waals surface area contributed by atoms with Crippen LogP contribution in [-0.2, 0) is 16.0 Å². The Labute approximate surface area is 148 Å². The van der Waals surface area contributed by atoms with Crippen LogP contribution in [0.5, 0.6) is 5.75 Å². The number of nitrogens with one attached hydrogen (secondary N) is 2. The molecule has 0 spiro atoms. The topological polar surface area (TPSA) is 67.4 Å². The summed E-state index contributed by atoms with van der Waals surface area (Å²) in [6.45, 7) is 4.00. The SMILES string of the molecule is COc1ccccc1CC(=O)Nc1ccc(NC(=O)CC(C)C)cc1. The Balaban J connectivity index is 1.92. The van der Waals surface area contributed by atoms with Crippen LogP contribution in [0.15, 0.2) is 48.5 Å². The predicted molar refractivity (Wildman–Crippen MR) is 99.9 cm³/mol. The van der Waals surface area contributed by atoms with Crippen molar-refractivity contribution in [2.45, 2.75) is 26.7 Å². The summed E-state index contributed by atoms with van der Waals surface area (Å²) in [6.07, 6.45) is 0.717. The minimum Gasteiger partial charge on any atom is -0.496 e. The molecule has 0 saturated carbocycles. The number of hydrogen-bond donors (Lipinski definition) is 2. The number of carbonyl (C=O) groups is 2. The van der Waals surface area contributed by atoms with Crippen molar-refractivity contribution in [2.75, 3.05) is 17.7 Å². The van der Waals surface area contributed by atoms with Gasteiger partial charge in [-0.3, -0.25) is 9.59 Å². The van der Waals surface area contributed by atoms with Crippen LogP contribution >= 0.6 is 0 Å². The maximum absolute atomic E-state index is 12.2. The number of benzene rings is 2. The van der Waals surface area contributed by atoms with Gasteiger partial charge < -0.3 is 15.4 Å². The molecule has 5 nitrogen and oxygen atoms in total. The Morgan fingerprint density at radius 1 is 0.920 bits per heavy atom. The normalized spacial score (nSPS) is 10.4. The van der Waals surface area contributed by atoms with Gasteiger partial charge in [0.1, 0.15) is 5.75 Å². The van der Waals surface area contributed by atoms with Crippen LogP contribution in [0.3, 0.4) is 0 Å². The maximum atomic E-state index is 12.2. The second kappa shape index (κ2) is 8.87. The van der Waals surface area contributed by atoms with Gasteiger partial charge in [0, 0.05) is 23.4 Å². The molecule has 0 radical (unpaired) electrons. The first-order valence-electron chi connectivity index (χ1n) is 8.29. The molecule has 0 aliphatic heterocycles. The van der Waals surface area contributed by atoms with Gasteiger partial charge in [-0.15, -0.1) is 0 Å². The highest BCUT2D eigenvalue weighted by molar-refractivity contribution is 5.94. The minimum absolute atomic E-state index is 0.0111. The fourth-order valence-corrected chi connectivity index (χ4v) is 2.45. The summed E-state index contributed by atoms with van der Waals surface area (Å²) in [6, 6.07) is 14.5. The van der Waals surface area contributed by atoms with E-state index >= 15 is 0 Å². The molecule has 2 aromatic rings. The summed E-state index contributed by atoms with van der Waals surface area (Å²) in [5, 5.41) is 5.69. The first-order valence-corrected chi connectivity index (χ1v) is 8.29. The summed E-state index contributed by atoms with van der Waals surface area (Å²) in [5.41, 5.74) is 2.23. The molecule has 0 saturated heterocycles. The van der Waals surface area contributed by atoms with Crippen LogP contribution in [0.2, 0.25) is 0 Å². The molecule has 0 heterocycles. The van der Waals surface area contributed by atoms with Crippen molar-refractivity contribution in [1.82, 2.24) is 0 Å². The number of ether oxygens (including phenoxy) is 1. The van der Waals surface area contributed by atoms with E-state index < -0.39 is 0 Å². The van der Waals surface area contributed by atoms with E-state index in [-0.39, 0.29) is 18.2 Å². The van der Waals surface area contributed by atoms with Gasteiger partial charge in [0.25, 0.3) is 0 Å². The molecule has 0 fully saturated rings. The van der Waals surface area contributed by atoms with Crippen LogP contribution in [0.4, 0.5) is 11.4 Å². The summed E-state index contributed by atoms with van der Waals surface area (Å²) >= 11 is 0. The molecule has 0 aromatic heterocycles. The summed E-state index contributed by atoms with van der Waals surface area (Å²) in [4.78, 5) is 24.0. The zero-order valence-corrected chi connectivity index (χ0v) is 14.8. The van der Waals surface area contributed by atoms with Gasteiger partial charge in [0.2, 0.25) is 11.8 Å². The van der Waals surface area contributed by atoms with Crippen LogP contribution < -0.4 is 15.4 Å². The molecule has 0 atom stereocenters. The number of carbonyl (C=O) groups excluding carboxylic acids is 2.